The molecule has 23 heavy (non-hydrogen) atoms. The van der Waals surface area contributed by atoms with Crippen molar-refractivity contribution in [2.75, 3.05) is 32.1 Å². The summed E-state index contributed by atoms with van der Waals surface area (Å²) in [7, 11) is 3.87. The van der Waals surface area contributed by atoms with E-state index in [-0.39, 0.29) is 0 Å². The topological polar surface area (TPSA) is 27.7 Å². The first kappa shape index (κ1) is 15.8. The van der Waals surface area contributed by atoms with Crippen LogP contribution in [0.15, 0.2) is 24.3 Å². The van der Waals surface area contributed by atoms with Crippen LogP contribution < -0.4 is 10.2 Å². The summed E-state index contributed by atoms with van der Waals surface area (Å²) in [6.07, 6.45) is 4.20. The van der Waals surface area contributed by atoms with Gasteiger partial charge < -0.3 is 15.0 Å². The first-order valence-corrected chi connectivity index (χ1v) is 9.68. The second kappa shape index (κ2) is 6.63. The fourth-order valence-electron chi connectivity index (χ4n) is 4.38. The molecule has 126 valence electrons. The maximum absolute atomic E-state index is 5.62. The zero-order chi connectivity index (χ0) is 15.8. The van der Waals surface area contributed by atoms with Gasteiger partial charge in [0.15, 0.2) is 0 Å². The maximum atomic E-state index is 5.62. The molecule has 1 saturated carbocycles. The molecule has 0 amide bonds. The van der Waals surface area contributed by atoms with Gasteiger partial charge in [0.25, 0.3) is 0 Å². The lowest BCUT2D eigenvalue weighted by Crippen LogP contribution is -2.42. The average Bonchev–Trinajstić information content (AvgIpc) is 3.13. The van der Waals surface area contributed by atoms with Crippen molar-refractivity contribution in [3.63, 3.8) is 0 Å². The monoisotopic (exact) mass is 333 g/mol. The van der Waals surface area contributed by atoms with Gasteiger partial charge in [-0.3, -0.25) is 4.90 Å². The van der Waals surface area contributed by atoms with E-state index < -0.39 is 0 Å². The van der Waals surface area contributed by atoms with Crippen LogP contribution in [-0.4, -0.2) is 55.0 Å². The minimum absolute atomic E-state index is 0.469. The number of nitrogens with one attached hydrogen (secondary N) is 1. The Bertz CT molecular complexity index is 555. The van der Waals surface area contributed by atoms with Crippen LogP contribution in [0, 0.1) is 0 Å². The molecule has 1 N–H and O–H groups in total. The summed E-state index contributed by atoms with van der Waals surface area (Å²) < 4.78 is 5.62. The van der Waals surface area contributed by atoms with Gasteiger partial charge >= 0.3 is 0 Å². The number of anilines is 1. The third-order valence-corrected chi connectivity index (χ3v) is 7.16. The van der Waals surface area contributed by atoms with Crippen LogP contribution in [0.25, 0.3) is 0 Å². The molecular formula is C18H27N3OS. The van der Waals surface area contributed by atoms with Crippen molar-refractivity contribution >= 4 is 17.4 Å². The summed E-state index contributed by atoms with van der Waals surface area (Å²) in [4.78, 5) is 5.34. The number of nitrogens with zero attached hydrogens (tertiary/aromatic N) is 2. The minimum atomic E-state index is 0.469. The fourth-order valence-corrected chi connectivity index (χ4v) is 6.29. The average molecular weight is 334 g/mol. The molecule has 1 aromatic rings. The molecule has 0 aromatic heterocycles. The number of hydrogen-bond donors (Lipinski definition) is 1. The Labute approximate surface area is 143 Å². The lowest BCUT2D eigenvalue weighted by molar-refractivity contribution is 0.0511. The SMILES string of the molecule is CNCc1cccc(N2CCN3C4CCC(OC)CC4SC23)c1. The van der Waals surface area contributed by atoms with E-state index in [2.05, 4.69) is 51.1 Å². The highest BCUT2D eigenvalue weighted by Gasteiger charge is 2.49. The Morgan fingerprint density at radius 2 is 2.22 bits per heavy atom. The van der Waals surface area contributed by atoms with E-state index in [0.29, 0.717) is 11.6 Å². The van der Waals surface area contributed by atoms with E-state index in [1.54, 1.807) is 0 Å². The first-order chi connectivity index (χ1) is 11.3. The molecule has 0 radical (unpaired) electrons. The number of rotatable bonds is 4. The highest BCUT2D eigenvalue weighted by molar-refractivity contribution is 8.00. The molecule has 4 unspecified atom stereocenters. The molecule has 3 fully saturated rings. The Kier molecular flexibility index (Phi) is 4.54. The van der Waals surface area contributed by atoms with Gasteiger partial charge in [-0.2, -0.15) is 0 Å². The molecule has 4 atom stereocenters. The summed E-state index contributed by atoms with van der Waals surface area (Å²) >= 11 is 2.16. The van der Waals surface area contributed by atoms with Crippen LogP contribution in [0.2, 0.25) is 0 Å². The van der Waals surface area contributed by atoms with Gasteiger partial charge in [-0.25, -0.2) is 0 Å². The quantitative estimate of drug-likeness (QED) is 0.914. The Balaban J connectivity index is 1.51. The van der Waals surface area contributed by atoms with Crippen LogP contribution in [0.3, 0.4) is 0 Å². The number of ether oxygens (including phenoxy) is 1. The predicted molar refractivity (Wildman–Crippen MR) is 96.9 cm³/mol. The van der Waals surface area contributed by atoms with Gasteiger partial charge in [-0.05, 0) is 44.0 Å². The van der Waals surface area contributed by atoms with Gasteiger partial charge in [-0.1, -0.05) is 12.1 Å². The largest absolute Gasteiger partial charge is 0.381 e. The van der Waals surface area contributed by atoms with Gasteiger partial charge in [0.05, 0.1) is 6.10 Å². The van der Waals surface area contributed by atoms with Crippen LogP contribution >= 0.6 is 11.8 Å². The van der Waals surface area contributed by atoms with Crippen LogP contribution in [-0.2, 0) is 11.3 Å². The second-order valence-electron chi connectivity index (χ2n) is 6.87. The first-order valence-electron chi connectivity index (χ1n) is 8.74. The molecule has 5 heteroatoms. The van der Waals surface area contributed by atoms with Gasteiger partial charge in [-0.15, -0.1) is 11.8 Å². The van der Waals surface area contributed by atoms with Crippen molar-refractivity contribution in [3.05, 3.63) is 29.8 Å². The zero-order valence-electron chi connectivity index (χ0n) is 14.1. The smallest absolute Gasteiger partial charge is 0.131 e. The molecule has 2 aliphatic heterocycles. The molecule has 0 spiro atoms. The van der Waals surface area contributed by atoms with Crippen molar-refractivity contribution in [1.29, 1.82) is 0 Å². The van der Waals surface area contributed by atoms with Gasteiger partial charge in [0.2, 0.25) is 0 Å². The van der Waals surface area contributed by atoms with Crippen molar-refractivity contribution in [2.24, 2.45) is 0 Å². The number of benzene rings is 1. The number of thioether (sulfide) groups is 1. The number of hydrogen-bond acceptors (Lipinski definition) is 5. The summed E-state index contributed by atoms with van der Waals surface area (Å²) in [5.41, 5.74) is 3.26. The summed E-state index contributed by atoms with van der Waals surface area (Å²) in [6, 6.07) is 9.77. The summed E-state index contributed by atoms with van der Waals surface area (Å²) in [5.74, 6) is 0. The summed E-state index contributed by atoms with van der Waals surface area (Å²) in [5, 5.41) is 3.99. The standard InChI is InChI=1S/C18H27N3OS/c1-19-12-13-4-3-5-14(10-13)20-8-9-21-16-7-6-15(22-2)11-17(16)23-18(20)21/h3-5,10,15-19H,6-9,11-12H2,1-2H3. The molecule has 1 aromatic carbocycles. The third-order valence-electron chi connectivity index (χ3n) is 5.54. The molecule has 4 nitrogen and oxygen atoms in total. The predicted octanol–water partition coefficient (Wildman–Crippen LogP) is 2.49. The van der Waals surface area contributed by atoms with E-state index >= 15 is 0 Å². The Morgan fingerprint density at radius 1 is 1.30 bits per heavy atom. The molecule has 3 aliphatic rings. The lowest BCUT2D eigenvalue weighted by atomic mass is 9.91. The van der Waals surface area contributed by atoms with Crippen LogP contribution in [0.4, 0.5) is 5.69 Å². The highest BCUT2D eigenvalue weighted by atomic mass is 32.2. The van der Waals surface area contributed by atoms with Crippen molar-refractivity contribution in [2.45, 2.75) is 48.7 Å². The molecule has 1 aliphatic carbocycles. The van der Waals surface area contributed by atoms with Gasteiger partial charge in [0.1, 0.15) is 5.50 Å². The molecular weight excluding hydrogens is 306 g/mol. The van der Waals surface area contributed by atoms with Crippen LogP contribution in [0.1, 0.15) is 24.8 Å². The maximum Gasteiger partial charge on any atom is 0.131 e. The van der Waals surface area contributed by atoms with E-state index in [1.165, 1.54) is 37.1 Å². The molecule has 4 rings (SSSR count). The molecule has 2 heterocycles. The van der Waals surface area contributed by atoms with Crippen LogP contribution in [0.5, 0.6) is 0 Å². The van der Waals surface area contributed by atoms with E-state index in [1.807, 2.05) is 14.2 Å². The Hall–Kier alpha value is -0.750. The van der Waals surface area contributed by atoms with E-state index in [4.69, 9.17) is 4.74 Å². The normalized spacial score (nSPS) is 33.7. The van der Waals surface area contributed by atoms with E-state index in [0.717, 1.165) is 24.4 Å². The van der Waals surface area contributed by atoms with Crippen molar-refractivity contribution < 1.29 is 4.74 Å². The molecule has 2 saturated heterocycles. The van der Waals surface area contributed by atoms with Crippen molar-refractivity contribution in [3.8, 4) is 0 Å². The third kappa shape index (κ3) is 2.88. The fraction of sp³-hybridized carbons (Fsp3) is 0.667. The van der Waals surface area contributed by atoms with Gasteiger partial charge in [0, 0.05) is 43.7 Å². The number of fused-ring (bicyclic) bond motifs is 3. The van der Waals surface area contributed by atoms with E-state index in [9.17, 15) is 0 Å². The highest BCUT2D eigenvalue weighted by Crippen LogP contribution is 2.47. The molecule has 0 bridgehead atoms. The lowest BCUT2D eigenvalue weighted by Gasteiger charge is -2.33. The minimum Gasteiger partial charge on any atom is -0.381 e. The summed E-state index contributed by atoms with van der Waals surface area (Å²) in [6.45, 7) is 3.29. The number of methoxy groups -OCH3 is 1. The second-order valence-corrected chi connectivity index (χ2v) is 8.17. The zero-order valence-corrected chi connectivity index (χ0v) is 14.9. The van der Waals surface area contributed by atoms with Crippen molar-refractivity contribution in [1.82, 2.24) is 10.2 Å². The Morgan fingerprint density at radius 3 is 3.04 bits per heavy atom.